The Morgan fingerprint density at radius 3 is 0.822 bits per heavy atom. The van der Waals surface area contributed by atoms with Gasteiger partial charge in [0, 0.05) is 149 Å². The first-order valence-corrected chi connectivity index (χ1v) is 47.9. The average Bonchev–Trinajstić information content (AvgIpc) is 0.729. The molecule has 4 aliphatic rings. The molecular formula is C99H100F5N13O15S3. The Balaban J connectivity index is 0.000000153. The Kier molecular flexibility index (Phi) is 32.6. The average molecular weight is 1900 g/mol. The molecule has 704 valence electrons. The van der Waals surface area contributed by atoms with Gasteiger partial charge in [-0.15, -0.1) is 0 Å². The molecule has 0 radical (unpaired) electrons. The number of rotatable bonds is 27. The minimum Gasteiger partial charge on any atom is -0.388 e. The standard InChI is InChI=1S/C25H24F3N3O4S.C25H24F2N4O3.C25H27N3O4S.C24H25N3O4S/c26-25(27,28)20-6-8-21(9-7-20)36(34,35)31-12-10-24(11-13-31,19-4-2-1-3-5-19)14-23-29-15-18(16-30-23)22(33)17-32;26-19-7-4-8-20(27)23(19)30-24(34)31-11-9-25(10-12-31,18-5-2-1-3-6-18)13-22-28-14-17(15-29-22)21(33)16-32;1-19-7-9-22(10-8-19)33(31,32)28-13-11-25(12-14-28,21-5-3-2-4-6-21)15-24-26-16-20(17-27-24)23(30)18-29;28-18-22(29)19-16-25-23(26-17-19)15-24(20-7-3-1-4-8-20)11-13-27(14-12-24)32(30,31)21-9-5-2-6-10-21/h1-9,15-16,32H,10-14,17H2;1-8,14-15,32H,9-13,16H2,(H,30,34);2-10,16-17,29H,11-15,18H2,1H3;1-10,16-17,28H,11-15,18H2. The summed E-state index contributed by atoms with van der Waals surface area (Å²) in [5.41, 5.74) is 3.49. The van der Waals surface area contributed by atoms with Crippen LogP contribution in [0.4, 0.5) is 32.4 Å². The number of benzene rings is 8. The SMILES string of the molecule is Cc1ccc(S(=O)(=O)N2CCC(Cc3ncc(C(=O)CO)cn3)(c3ccccc3)CC2)cc1.O=C(CO)c1cnc(CC2(c3ccccc3)CCN(C(=O)Nc3c(F)cccc3F)CC2)nc1.O=C(CO)c1cnc(CC2(c3ccccc3)CCN(S(=O)(=O)c3ccc(C(F)(F)F)cc3)CC2)nc1.O=C(CO)c1cnc(CC2(c3ccccc3)CCN(S(=O)(=O)c3ccccc3)CC2)nc1. The zero-order chi connectivity index (χ0) is 96.2. The molecule has 4 aliphatic heterocycles. The van der Waals surface area contributed by atoms with E-state index in [4.69, 9.17) is 20.4 Å². The van der Waals surface area contributed by atoms with Crippen molar-refractivity contribution in [1.82, 2.24) is 57.7 Å². The van der Waals surface area contributed by atoms with E-state index < -0.39 is 120 Å². The van der Waals surface area contributed by atoms with E-state index in [1.54, 1.807) is 51.1 Å². The Morgan fingerprint density at radius 2 is 0.570 bits per heavy atom. The molecule has 4 aromatic heterocycles. The fourth-order valence-electron chi connectivity index (χ4n) is 17.3. The number of likely N-dealkylation sites (tertiary alicyclic amines) is 1. The van der Waals surface area contributed by atoms with Crippen molar-refractivity contribution in [3.63, 3.8) is 0 Å². The Morgan fingerprint density at radius 1 is 0.333 bits per heavy atom. The summed E-state index contributed by atoms with van der Waals surface area (Å²) in [6.45, 7) is 2.18. The second kappa shape index (κ2) is 44.2. The van der Waals surface area contributed by atoms with E-state index in [1.165, 1.54) is 64.8 Å². The Bertz CT molecular complexity index is 6380. The monoisotopic (exact) mass is 1900 g/mol. The lowest BCUT2D eigenvalue weighted by Crippen LogP contribution is -2.48. The largest absolute Gasteiger partial charge is 0.416 e. The number of hydrogen-bond donors (Lipinski definition) is 5. The van der Waals surface area contributed by atoms with Crippen LogP contribution < -0.4 is 5.32 Å². The van der Waals surface area contributed by atoms with Crippen LogP contribution in [-0.4, -0.2) is 211 Å². The number of aryl methyl sites for hydroxylation is 1. The number of urea groups is 1. The third kappa shape index (κ3) is 24.1. The van der Waals surface area contributed by atoms with Gasteiger partial charge in [-0.3, -0.25) is 19.2 Å². The summed E-state index contributed by atoms with van der Waals surface area (Å²) in [7, 11) is -11.1. The van der Waals surface area contributed by atoms with Gasteiger partial charge in [0.15, 0.2) is 23.1 Å². The smallest absolute Gasteiger partial charge is 0.388 e. The number of amides is 2. The van der Waals surface area contributed by atoms with Crippen molar-refractivity contribution in [2.24, 2.45) is 0 Å². The lowest BCUT2D eigenvalue weighted by molar-refractivity contribution is -0.137. The molecule has 135 heavy (non-hydrogen) atoms. The molecule has 0 unspecified atom stereocenters. The van der Waals surface area contributed by atoms with E-state index in [0.29, 0.717) is 149 Å². The maximum absolute atomic E-state index is 13.9. The summed E-state index contributed by atoms with van der Waals surface area (Å²) in [5.74, 6) is -1.24. The highest BCUT2D eigenvalue weighted by Crippen LogP contribution is 2.45. The number of piperidine rings is 4. The molecule has 4 saturated heterocycles. The molecule has 0 aliphatic carbocycles. The maximum Gasteiger partial charge on any atom is 0.416 e. The van der Waals surface area contributed by atoms with Gasteiger partial charge in [-0.25, -0.2) is 78.7 Å². The molecule has 28 nitrogen and oxygen atoms in total. The highest BCUT2D eigenvalue weighted by Gasteiger charge is 2.46. The van der Waals surface area contributed by atoms with Gasteiger partial charge >= 0.3 is 12.2 Å². The topological polar surface area (TPSA) is 397 Å². The van der Waals surface area contributed by atoms with Crippen LogP contribution in [-0.2, 0) is 83.6 Å². The number of nitrogens with zero attached hydrogens (tertiary/aromatic N) is 12. The van der Waals surface area contributed by atoms with Crippen molar-refractivity contribution in [2.75, 3.05) is 84.1 Å². The molecule has 0 atom stereocenters. The molecule has 0 saturated carbocycles. The van der Waals surface area contributed by atoms with Gasteiger partial charge in [-0.2, -0.15) is 26.1 Å². The van der Waals surface area contributed by atoms with E-state index in [1.807, 2.05) is 116 Å². The van der Waals surface area contributed by atoms with Crippen molar-refractivity contribution in [3.05, 3.63) is 359 Å². The van der Waals surface area contributed by atoms with E-state index in [9.17, 15) is 71.2 Å². The van der Waals surface area contributed by atoms with Crippen LogP contribution in [0.3, 0.4) is 0 Å². The first-order valence-electron chi connectivity index (χ1n) is 43.6. The van der Waals surface area contributed by atoms with Crippen molar-refractivity contribution in [3.8, 4) is 0 Å². The number of Topliss-reactive ketones (excluding diaryl/α,β-unsaturated/α-hetero) is 4. The van der Waals surface area contributed by atoms with Crippen LogP contribution in [0, 0.1) is 18.6 Å². The van der Waals surface area contributed by atoms with Crippen LogP contribution in [0.5, 0.6) is 0 Å². The molecule has 12 aromatic rings. The molecule has 8 heterocycles. The van der Waals surface area contributed by atoms with Crippen LogP contribution in [0.25, 0.3) is 0 Å². The number of para-hydroxylation sites is 1. The summed E-state index contributed by atoms with van der Waals surface area (Å²) in [6.07, 6.45) is 13.3. The van der Waals surface area contributed by atoms with E-state index in [0.717, 1.165) is 64.2 Å². The lowest BCUT2D eigenvalue weighted by Gasteiger charge is -2.42. The van der Waals surface area contributed by atoms with Crippen LogP contribution in [0.1, 0.15) is 149 Å². The summed E-state index contributed by atoms with van der Waals surface area (Å²) < 4.78 is 150. The fraction of sp³-hybridized carbons (Fsp3) is 0.303. The predicted octanol–water partition coefficient (Wildman–Crippen LogP) is 12.9. The fourth-order valence-corrected chi connectivity index (χ4v) is 21.7. The van der Waals surface area contributed by atoms with Gasteiger partial charge in [0.1, 0.15) is 67.0 Å². The summed E-state index contributed by atoms with van der Waals surface area (Å²) in [6, 6.07) is 61.4. The molecule has 5 N–H and O–H groups in total. The zero-order valence-electron chi connectivity index (χ0n) is 73.6. The molecule has 36 heteroatoms. The van der Waals surface area contributed by atoms with Gasteiger partial charge in [0.2, 0.25) is 30.1 Å². The van der Waals surface area contributed by atoms with Gasteiger partial charge < -0.3 is 30.6 Å². The van der Waals surface area contributed by atoms with Crippen LogP contribution >= 0.6 is 0 Å². The predicted molar refractivity (Wildman–Crippen MR) is 490 cm³/mol. The number of aliphatic hydroxyl groups excluding tert-OH is 4. The molecule has 2 amide bonds. The summed E-state index contributed by atoms with van der Waals surface area (Å²) >= 11 is 0. The first-order chi connectivity index (χ1) is 64.7. The number of hydrogen-bond acceptors (Lipinski definition) is 23. The van der Waals surface area contributed by atoms with Gasteiger partial charge in [0.25, 0.3) is 0 Å². The normalized spacial score (nSPS) is 16.1. The number of aromatic nitrogens is 8. The van der Waals surface area contributed by atoms with Gasteiger partial charge in [-0.1, -0.05) is 163 Å². The lowest BCUT2D eigenvalue weighted by atomic mass is 9.70. The van der Waals surface area contributed by atoms with E-state index in [2.05, 4.69) is 69.5 Å². The van der Waals surface area contributed by atoms with E-state index in [-0.39, 0.29) is 56.5 Å². The number of sulfonamides is 3. The number of nitrogens with one attached hydrogen (secondary N) is 1. The van der Waals surface area contributed by atoms with Crippen molar-refractivity contribution in [1.29, 1.82) is 0 Å². The number of halogens is 5. The molecule has 16 rings (SSSR count). The van der Waals surface area contributed by atoms with Gasteiger partial charge in [0.05, 0.1) is 42.5 Å². The number of ketones is 4. The quantitative estimate of drug-likeness (QED) is 0.0236. The second-order valence-electron chi connectivity index (χ2n) is 33.5. The zero-order valence-corrected chi connectivity index (χ0v) is 76.1. The number of anilines is 1. The number of aliphatic hydroxyl groups is 4. The Hall–Kier alpha value is -12.8. The number of alkyl halides is 3. The Labute approximate surface area is 778 Å². The molecule has 4 fully saturated rings. The molecule has 0 spiro atoms. The summed E-state index contributed by atoms with van der Waals surface area (Å²) in [5, 5.41) is 38.4. The number of carbonyl (C=O) groups is 5. The third-order valence-corrected chi connectivity index (χ3v) is 31.1. The third-order valence-electron chi connectivity index (χ3n) is 25.3. The van der Waals surface area contributed by atoms with E-state index >= 15 is 0 Å². The number of carbonyl (C=O) groups excluding carboxylic acids is 5. The highest BCUT2D eigenvalue weighted by molar-refractivity contribution is 7.89. The molecule has 0 bridgehead atoms. The van der Waals surface area contributed by atoms with Crippen molar-refractivity contribution >= 4 is 64.9 Å². The second-order valence-corrected chi connectivity index (χ2v) is 39.4. The van der Waals surface area contributed by atoms with Gasteiger partial charge in [-0.05, 0) is 141 Å². The molecule has 8 aromatic carbocycles. The van der Waals surface area contributed by atoms with Crippen molar-refractivity contribution in [2.45, 2.75) is 126 Å². The van der Waals surface area contributed by atoms with Crippen LogP contribution in [0.15, 0.2) is 283 Å². The highest BCUT2D eigenvalue weighted by atomic mass is 32.2. The summed E-state index contributed by atoms with van der Waals surface area (Å²) in [4.78, 5) is 96.0. The maximum atomic E-state index is 13.9. The minimum atomic E-state index is -4.55. The van der Waals surface area contributed by atoms with Crippen LogP contribution in [0.2, 0.25) is 0 Å². The minimum absolute atomic E-state index is 0.166. The molecular weight excluding hydrogens is 1800 g/mol. The van der Waals surface area contributed by atoms with Crippen molar-refractivity contribution < 1.29 is 91.6 Å². The first kappa shape index (κ1) is 99.7.